The van der Waals surface area contributed by atoms with Crippen LogP contribution >= 0.6 is 12.2 Å². The Labute approximate surface area is 155 Å². The molecule has 0 saturated heterocycles. The van der Waals surface area contributed by atoms with Crippen molar-refractivity contribution in [3.05, 3.63) is 38.9 Å². The van der Waals surface area contributed by atoms with Crippen LogP contribution in [0.2, 0.25) is 0 Å². The van der Waals surface area contributed by atoms with Crippen LogP contribution in [-0.4, -0.2) is 34.1 Å². The molecule has 2 aromatic rings. The van der Waals surface area contributed by atoms with Gasteiger partial charge in [0.1, 0.15) is 5.54 Å². The summed E-state index contributed by atoms with van der Waals surface area (Å²) < 4.78 is 6.54. The maximum Gasteiger partial charge on any atom is 0.331 e. The lowest BCUT2D eigenvalue weighted by atomic mass is 9.81. The van der Waals surface area contributed by atoms with Crippen molar-refractivity contribution in [3.63, 3.8) is 0 Å². The van der Waals surface area contributed by atoms with Crippen molar-refractivity contribution < 1.29 is 14.3 Å². The number of amides is 1. The molecule has 1 amide bonds. The molecular formula is C18H21N3O4S. The summed E-state index contributed by atoms with van der Waals surface area (Å²) >= 11 is 5.12. The lowest BCUT2D eigenvalue weighted by Crippen LogP contribution is -2.56. The Morgan fingerprint density at radius 1 is 1.27 bits per heavy atom. The van der Waals surface area contributed by atoms with Gasteiger partial charge in [-0.1, -0.05) is 19.3 Å². The second kappa shape index (κ2) is 7.03. The van der Waals surface area contributed by atoms with Gasteiger partial charge in [0.05, 0.1) is 18.0 Å². The van der Waals surface area contributed by atoms with Crippen molar-refractivity contribution >= 4 is 35.0 Å². The van der Waals surface area contributed by atoms with Gasteiger partial charge in [0.15, 0.2) is 4.77 Å². The molecule has 0 radical (unpaired) electrons. The monoisotopic (exact) mass is 375 g/mol. The number of nitrogens with one attached hydrogen (secondary N) is 2. The van der Waals surface area contributed by atoms with Crippen LogP contribution in [0.4, 0.5) is 0 Å². The topological polar surface area (TPSA) is 93.2 Å². The standard InChI is InChI=1S/C18H21N3O4S/c1-21-15(23)12-7-6-11(10-13(12)19-17(21)26)14(22)20-18(16(24)25-2)8-4-3-5-9-18/h6-7,10H,3-5,8-9H2,1-2H3,(H,19,26)(H,20,22). The minimum absolute atomic E-state index is 0.228. The van der Waals surface area contributed by atoms with E-state index in [4.69, 9.17) is 17.0 Å². The average Bonchev–Trinajstić information content (AvgIpc) is 2.65. The third kappa shape index (κ3) is 3.16. The maximum absolute atomic E-state index is 12.8. The zero-order chi connectivity index (χ0) is 18.9. The van der Waals surface area contributed by atoms with Gasteiger partial charge >= 0.3 is 5.97 Å². The molecule has 3 rings (SSSR count). The molecule has 1 aliphatic carbocycles. The number of esters is 1. The van der Waals surface area contributed by atoms with Crippen LogP contribution in [0.25, 0.3) is 10.9 Å². The first-order valence-corrected chi connectivity index (χ1v) is 8.93. The molecule has 1 aliphatic rings. The van der Waals surface area contributed by atoms with E-state index in [1.54, 1.807) is 25.2 Å². The molecule has 1 fully saturated rings. The summed E-state index contributed by atoms with van der Waals surface area (Å²) in [6, 6.07) is 4.74. The number of aromatic nitrogens is 2. The highest BCUT2D eigenvalue weighted by molar-refractivity contribution is 7.71. The molecule has 1 aromatic heterocycles. The Hall–Kier alpha value is -2.48. The van der Waals surface area contributed by atoms with E-state index in [2.05, 4.69) is 10.3 Å². The second-order valence-electron chi connectivity index (χ2n) is 6.64. The fraction of sp³-hybridized carbons (Fsp3) is 0.444. The summed E-state index contributed by atoms with van der Waals surface area (Å²) in [5.74, 6) is -0.793. The highest BCUT2D eigenvalue weighted by Gasteiger charge is 2.42. The number of rotatable bonds is 3. The van der Waals surface area contributed by atoms with Crippen molar-refractivity contribution in [1.82, 2.24) is 14.9 Å². The normalized spacial score (nSPS) is 16.2. The Balaban J connectivity index is 1.96. The van der Waals surface area contributed by atoms with E-state index in [-0.39, 0.29) is 16.2 Å². The summed E-state index contributed by atoms with van der Waals surface area (Å²) in [5.41, 5.74) is -0.376. The van der Waals surface area contributed by atoms with Gasteiger partial charge in [-0.15, -0.1) is 0 Å². The van der Waals surface area contributed by atoms with E-state index < -0.39 is 11.5 Å². The number of aromatic amines is 1. The smallest absolute Gasteiger partial charge is 0.331 e. The van der Waals surface area contributed by atoms with E-state index in [1.165, 1.54) is 11.7 Å². The maximum atomic E-state index is 12.8. The van der Waals surface area contributed by atoms with E-state index in [1.807, 2.05) is 0 Å². The Morgan fingerprint density at radius 3 is 2.62 bits per heavy atom. The molecule has 0 aliphatic heterocycles. The number of carbonyl (C=O) groups is 2. The molecule has 1 saturated carbocycles. The van der Waals surface area contributed by atoms with Gasteiger partial charge in [-0.05, 0) is 43.3 Å². The third-order valence-electron chi connectivity index (χ3n) is 5.00. The van der Waals surface area contributed by atoms with E-state index in [0.717, 1.165) is 19.3 Å². The lowest BCUT2D eigenvalue weighted by Gasteiger charge is -2.35. The van der Waals surface area contributed by atoms with Crippen molar-refractivity contribution in [3.8, 4) is 0 Å². The predicted molar refractivity (Wildman–Crippen MR) is 99.7 cm³/mol. The summed E-state index contributed by atoms with van der Waals surface area (Å²) in [4.78, 5) is 40.3. The number of H-pyrrole nitrogens is 1. The van der Waals surface area contributed by atoms with Gasteiger partial charge in [-0.3, -0.25) is 14.2 Å². The quantitative estimate of drug-likeness (QED) is 0.634. The molecule has 1 aromatic carbocycles. The zero-order valence-corrected chi connectivity index (χ0v) is 15.6. The molecule has 0 unspecified atom stereocenters. The van der Waals surface area contributed by atoms with E-state index in [0.29, 0.717) is 29.3 Å². The number of carbonyl (C=O) groups excluding carboxylic acids is 2. The number of hydrogen-bond donors (Lipinski definition) is 2. The molecule has 8 heteroatoms. The van der Waals surface area contributed by atoms with Gasteiger partial charge in [-0.2, -0.15) is 0 Å². The van der Waals surface area contributed by atoms with Crippen molar-refractivity contribution in [2.45, 2.75) is 37.6 Å². The zero-order valence-electron chi connectivity index (χ0n) is 14.8. The molecule has 0 bridgehead atoms. The largest absolute Gasteiger partial charge is 0.467 e. The molecule has 2 N–H and O–H groups in total. The molecule has 0 spiro atoms. The van der Waals surface area contributed by atoms with Gasteiger partial charge in [0, 0.05) is 12.6 Å². The number of nitrogens with zero attached hydrogens (tertiary/aromatic N) is 1. The molecule has 1 heterocycles. The van der Waals surface area contributed by atoms with Crippen LogP contribution in [0.15, 0.2) is 23.0 Å². The van der Waals surface area contributed by atoms with Crippen LogP contribution in [-0.2, 0) is 16.6 Å². The van der Waals surface area contributed by atoms with Gasteiger partial charge in [0.2, 0.25) is 0 Å². The summed E-state index contributed by atoms with van der Waals surface area (Å²) in [5, 5.41) is 3.31. The van der Waals surface area contributed by atoms with Crippen LogP contribution in [0.3, 0.4) is 0 Å². The van der Waals surface area contributed by atoms with Crippen LogP contribution in [0, 0.1) is 4.77 Å². The predicted octanol–water partition coefficient (Wildman–Crippen LogP) is 2.20. The summed E-state index contributed by atoms with van der Waals surface area (Å²) in [6.45, 7) is 0. The van der Waals surface area contributed by atoms with Crippen LogP contribution in [0.5, 0.6) is 0 Å². The SMILES string of the molecule is COC(=O)C1(NC(=O)c2ccc3c(=O)n(C)c(=S)[nH]c3c2)CCCCC1. The van der Waals surface area contributed by atoms with Crippen molar-refractivity contribution in [2.75, 3.05) is 7.11 Å². The Morgan fingerprint density at radius 2 is 1.96 bits per heavy atom. The highest BCUT2D eigenvalue weighted by atomic mass is 32.1. The molecule has 138 valence electrons. The number of fused-ring (bicyclic) bond motifs is 1. The summed E-state index contributed by atoms with van der Waals surface area (Å²) in [6.07, 6.45) is 3.86. The molecular weight excluding hydrogens is 354 g/mol. The lowest BCUT2D eigenvalue weighted by molar-refractivity contribution is -0.149. The first-order valence-electron chi connectivity index (χ1n) is 8.52. The number of hydrogen-bond acceptors (Lipinski definition) is 5. The fourth-order valence-electron chi connectivity index (χ4n) is 3.47. The fourth-order valence-corrected chi connectivity index (χ4v) is 3.66. The minimum atomic E-state index is -0.987. The first kappa shape index (κ1) is 18.3. The summed E-state index contributed by atoms with van der Waals surface area (Å²) in [7, 11) is 2.92. The van der Waals surface area contributed by atoms with Crippen molar-refractivity contribution in [2.24, 2.45) is 7.05 Å². The highest BCUT2D eigenvalue weighted by Crippen LogP contribution is 2.30. The Bertz CT molecular complexity index is 986. The Kier molecular flexibility index (Phi) is 4.95. The van der Waals surface area contributed by atoms with Gasteiger partial charge in [0.25, 0.3) is 11.5 Å². The molecule has 0 atom stereocenters. The number of ether oxygens (including phenoxy) is 1. The first-order chi connectivity index (χ1) is 12.4. The van der Waals surface area contributed by atoms with E-state index in [9.17, 15) is 14.4 Å². The number of benzene rings is 1. The van der Waals surface area contributed by atoms with Gasteiger partial charge in [-0.25, -0.2) is 4.79 Å². The second-order valence-corrected chi connectivity index (χ2v) is 7.03. The van der Waals surface area contributed by atoms with Crippen LogP contribution < -0.4 is 10.9 Å². The number of methoxy groups -OCH3 is 1. The van der Waals surface area contributed by atoms with E-state index >= 15 is 0 Å². The van der Waals surface area contributed by atoms with Crippen LogP contribution in [0.1, 0.15) is 42.5 Å². The molecule has 26 heavy (non-hydrogen) atoms. The average molecular weight is 375 g/mol. The van der Waals surface area contributed by atoms with Crippen molar-refractivity contribution in [1.29, 1.82) is 0 Å². The molecule has 7 nitrogen and oxygen atoms in total. The van der Waals surface area contributed by atoms with Gasteiger partial charge < -0.3 is 15.0 Å². The minimum Gasteiger partial charge on any atom is -0.467 e. The third-order valence-corrected chi connectivity index (χ3v) is 5.38.